The van der Waals surface area contributed by atoms with Crippen LogP contribution < -0.4 is 10.6 Å². The second-order valence-corrected chi connectivity index (χ2v) is 4.87. The standard InChI is InChI=1S/C15H22N2O2/c18-15(17-12-13-6-2-1-3-7-13)16-10-9-14-8-4-5-11-19-14/h1-3,6-7,14H,4-5,8-12H2,(H2,16,17,18). The molecule has 1 fully saturated rings. The number of benzene rings is 1. The minimum Gasteiger partial charge on any atom is -0.378 e. The van der Waals surface area contributed by atoms with E-state index >= 15 is 0 Å². The average molecular weight is 262 g/mol. The van der Waals surface area contributed by atoms with Crippen LogP contribution in [0.5, 0.6) is 0 Å². The number of hydrogen-bond donors (Lipinski definition) is 2. The number of carbonyl (C=O) groups is 1. The van der Waals surface area contributed by atoms with Crippen LogP contribution >= 0.6 is 0 Å². The third-order valence-electron chi connectivity index (χ3n) is 3.32. The maximum absolute atomic E-state index is 11.6. The molecule has 1 unspecified atom stereocenters. The monoisotopic (exact) mass is 262 g/mol. The average Bonchev–Trinajstić information content (AvgIpc) is 2.47. The summed E-state index contributed by atoms with van der Waals surface area (Å²) in [6, 6.07) is 9.78. The zero-order valence-corrected chi connectivity index (χ0v) is 11.2. The van der Waals surface area contributed by atoms with Gasteiger partial charge in [-0.05, 0) is 31.2 Å². The van der Waals surface area contributed by atoms with Crippen LogP contribution in [0.25, 0.3) is 0 Å². The van der Waals surface area contributed by atoms with E-state index < -0.39 is 0 Å². The van der Waals surface area contributed by atoms with E-state index in [0.717, 1.165) is 25.0 Å². The molecule has 1 saturated heterocycles. The molecule has 0 aromatic heterocycles. The van der Waals surface area contributed by atoms with E-state index in [9.17, 15) is 4.79 Å². The van der Waals surface area contributed by atoms with Gasteiger partial charge in [0.25, 0.3) is 0 Å². The predicted octanol–water partition coefficient (Wildman–Crippen LogP) is 2.45. The summed E-state index contributed by atoms with van der Waals surface area (Å²) in [5.74, 6) is 0. The molecule has 2 amide bonds. The van der Waals surface area contributed by atoms with Crippen molar-refractivity contribution in [2.45, 2.75) is 38.3 Å². The van der Waals surface area contributed by atoms with E-state index in [0.29, 0.717) is 19.2 Å². The molecule has 0 aliphatic carbocycles. The molecule has 0 bridgehead atoms. The van der Waals surface area contributed by atoms with Gasteiger partial charge in [0, 0.05) is 19.7 Å². The minimum atomic E-state index is -0.111. The number of nitrogens with one attached hydrogen (secondary N) is 2. The molecule has 2 N–H and O–H groups in total. The molecule has 4 heteroatoms. The first-order valence-electron chi connectivity index (χ1n) is 7.02. The minimum absolute atomic E-state index is 0.111. The molecule has 4 nitrogen and oxygen atoms in total. The Labute approximate surface area is 114 Å². The van der Waals surface area contributed by atoms with Gasteiger partial charge in [-0.1, -0.05) is 30.3 Å². The second-order valence-electron chi connectivity index (χ2n) is 4.87. The lowest BCUT2D eigenvalue weighted by Gasteiger charge is -2.22. The molecule has 0 spiro atoms. The van der Waals surface area contributed by atoms with Crippen LogP contribution in [0.1, 0.15) is 31.2 Å². The van der Waals surface area contributed by atoms with Crippen LogP contribution in [0.3, 0.4) is 0 Å². The van der Waals surface area contributed by atoms with Gasteiger partial charge >= 0.3 is 6.03 Å². The van der Waals surface area contributed by atoms with Gasteiger partial charge in [0.05, 0.1) is 6.10 Å². The highest BCUT2D eigenvalue weighted by Gasteiger charge is 2.13. The second kappa shape index (κ2) is 7.79. The number of urea groups is 1. The molecule has 2 rings (SSSR count). The molecule has 1 aromatic rings. The van der Waals surface area contributed by atoms with Crippen molar-refractivity contribution in [3.05, 3.63) is 35.9 Å². The van der Waals surface area contributed by atoms with Crippen LogP contribution in [0.15, 0.2) is 30.3 Å². The maximum Gasteiger partial charge on any atom is 0.315 e. The van der Waals surface area contributed by atoms with Crippen LogP contribution in [0.2, 0.25) is 0 Å². The van der Waals surface area contributed by atoms with Gasteiger partial charge in [0.15, 0.2) is 0 Å². The highest BCUT2D eigenvalue weighted by atomic mass is 16.5. The molecule has 104 valence electrons. The molecule has 0 radical (unpaired) electrons. The summed E-state index contributed by atoms with van der Waals surface area (Å²) in [6.45, 7) is 2.10. The van der Waals surface area contributed by atoms with E-state index in [1.165, 1.54) is 12.8 Å². The van der Waals surface area contributed by atoms with Crippen LogP contribution in [0, 0.1) is 0 Å². The Morgan fingerprint density at radius 2 is 2.05 bits per heavy atom. The van der Waals surface area contributed by atoms with E-state index in [2.05, 4.69) is 10.6 Å². The van der Waals surface area contributed by atoms with Gasteiger partial charge in [0.1, 0.15) is 0 Å². The molecule has 1 aliphatic heterocycles. The highest BCUT2D eigenvalue weighted by molar-refractivity contribution is 5.73. The maximum atomic E-state index is 11.6. The van der Waals surface area contributed by atoms with Crippen molar-refractivity contribution in [3.8, 4) is 0 Å². The van der Waals surface area contributed by atoms with E-state index in [1.807, 2.05) is 30.3 Å². The van der Waals surface area contributed by atoms with Crippen molar-refractivity contribution in [3.63, 3.8) is 0 Å². The fraction of sp³-hybridized carbons (Fsp3) is 0.533. The van der Waals surface area contributed by atoms with Crippen molar-refractivity contribution in [1.29, 1.82) is 0 Å². The third kappa shape index (κ3) is 5.30. The Bertz CT molecular complexity index is 375. The van der Waals surface area contributed by atoms with Crippen molar-refractivity contribution in [2.24, 2.45) is 0 Å². The molecule has 1 atom stereocenters. The van der Waals surface area contributed by atoms with Gasteiger partial charge in [-0.15, -0.1) is 0 Å². The summed E-state index contributed by atoms with van der Waals surface area (Å²) >= 11 is 0. The van der Waals surface area contributed by atoms with Gasteiger partial charge in [-0.2, -0.15) is 0 Å². The smallest absolute Gasteiger partial charge is 0.315 e. The normalized spacial score (nSPS) is 18.8. The zero-order valence-electron chi connectivity index (χ0n) is 11.2. The molecule has 0 saturated carbocycles. The molecule has 1 aromatic carbocycles. The number of hydrogen-bond acceptors (Lipinski definition) is 2. The summed E-state index contributed by atoms with van der Waals surface area (Å²) in [7, 11) is 0. The van der Waals surface area contributed by atoms with Crippen LogP contribution in [-0.2, 0) is 11.3 Å². The Morgan fingerprint density at radius 3 is 2.79 bits per heavy atom. The molecule has 1 aliphatic rings. The highest BCUT2D eigenvalue weighted by Crippen LogP contribution is 2.14. The lowest BCUT2D eigenvalue weighted by molar-refractivity contribution is 0.0120. The SMILES string of the molecule is O=C(NCCC1CCCCO1)NCc1ccccc1. The van der Waals surface area contributed by atoms with Gasteiger partial charge in [0.2, 0.25) is 0 Å². The molecular weight excluding hydrogens is 240 g/mol. The number of ether oxygens (including phenoxy) is 1. The van der Waals surface area contributed by atoms with Crippen molar-refractivity contribution in [2.75, 3.05) is 13.2 Å². The Balaban J connectivity index is 1.57. The predicted molar refractivity (Wildman–Crippen MR) is 74.9 cm³/mol. The summed E-state index contributed by atoms with van der Waals surface area (Å²) in [4.78, 5) is 11.6. The summed E-state index contributed by atoms with van der Waals surface area (Å²) < 4.78 is 5.62. The lowest BCUT2D eigenvalue weighted by Crippen LogP contribution is -2.37. The summed E-state index contributed by atoms with van der Waals surface area (Å²) in [6.07, 6.45) is 4.75. The summed E-state index contributed by atoms with van der Waals surface area (Å²) in [5, 5.41) is 5.72. The van der Waals surface area contributed by atoms with Gasteiger partial charge in [-0.3, -0.25) is 0 Å². The van der Waals surface area contributed by atoms with Crippen LogP contribution in [0.4, 0.5) is 4.79 Å². The van der Waals surface area contributed by atoms with E-state index in [4.69, 9.17) is 4.74 Å². The Kier molecular flexibility index (Phi) is 5.69. The molecule has 19 heavy (non-hydrogen) atoms. The Morgan fingerprint density at radius 1 is 1.21 bits per heavy atom. The van der Waals surface area contributed by atoms with Crippen molar-refractivity contribution < 1.29 is 9.53 Å². The number of rotatable bonds is 5. The van der Waals surface area contributed by atoms with Crippen molar-refractivity contribution in [1.82, 2.24) is 10.6 Å². The molecular formula is C15H22N2O2. The topological polar surface area (TPSA) is 50.4 Å². The first-order valence-corrected chi connectivity index (χ1v) is 7.02. The first-order chi connectivity index (χ1) is 9.34. The zero-order chi connectivity index (χ0) is 13.3. The Hall–Kier alpha value is -1.55. The van der Waals surface area contributed by atoms with Crippen molar-refractivity contribution >= 4 is 6.03 Å². The summed E-state index contributed by atoms with van der Waals surface area (Å²) in [5.41, 5.74) is 1.10. The van der Waals surface area contributed by atoms with E-state index in [1.54, 1.807) is 0 Å². The quantitative estimate of drug-likeness (QED) is 0.856. The van der Waals surface area contributed by atoms with E-state index in [-0.39, 0.29) is 6.03 Å². The fourth-order valence-electron chi connectivity index (χ4n) is 2.22. The largest absolute Gasteiger partial charge is 0.378 e. The number of amides is 2. The first kappa shape index (κ1) is 13.9. The third-order valence-corrected chi connectivity index (χ3v) is 3.32. The number of carbonyl (C=O) groups excluding carboxylic acids is 1. The lowest BCUT2D eigenvalue weighted by atomic mass is 10.1. The van der Waals surface area contributed by atoms with Crippen LogP contribution in [-0.4, -0.2) is 25.3 Å². The van der Waals surface area contributed by atoms with Gasteiger partial charge < -0.3 is 15.4 Å². The van der Waals surface area contributed by atoms with Gasteiger partial charge in [-0.25, -0.2) is 4.79 Å². The molecule has 1 heterocycles. The fourth-order valence-corrected chi connectivity index (χ4v) is 2.22.